The predicted molar refractivity (Wildman–Crippen MR) is 98.5 cm³/mol. The van der Waals surface area contributed by atoms with Crippen LogP contribution >= 0.6 is 0 Å². The minimum absolute atomic E-state index is 0.0512. The molecule has 0 saturated carbocycles. The number of aryl methyl sites for hydroxylation is 1. The molecule has 7 nitrogen and oxygen atoms in total. The van der Waals surface area contributed by atoms with E-state index in [1.165, 1.54) is 16.8 Å². The molecule has 1 unspecified atom stereocenters. The fourth-order valence-electron chi connectivity index (χ4n) is 3.95. The molecule has 1 aliphatic heterocycles. The van der Waals surface area contributed by atoms with E-state index in [0.717, 1.165) is 52.0 Å². The molecule has 0 aromatic carbocycles. The summed E-state index contributed by atoms with van der Waals surface area (Å²) in [6.45, 7) is 4.25. The Labute approximate surface area is 154 Å². The van der Waals surface area contributed by atoms with Crippen LogP contribution in [0.3, 0.4) is 0 Å². The topological polar surface area (TPSA) is 66.3 Å². The first-order valence-electron chi connectivity index (χ1n) is 9.38. The molecule has 138 valence electrons. The van der Waals surface area contributed by atoms with E-state index in [2.05, 4.69) is 20.3 Å². The summed E-state index contributed by atoms with van der Waals surface area (Å²) in [4.78, 5) is 21.1. The van der Waals surface area contributed by atoms with E-state index in [-0.39, 0.29) is 12.1 Å². The summed E-state index contributed by atoms with van der Waals surface area (Å²) >= 11 is 0. The van der Waals surface area contributed by atoms with Gasteiger partial charge in [-0.1, -0.05) is 0 Å². The largest absolute Gasteiger partial charge is 0.331 e. The number of rotatable bonds is 3. The van der Waals surface area contributed by atoms with Crippen LogP contribution in [0.2, 0.25) is 0 Å². The molecule has 1 saturated heterocycles. The molecule has 0 bridgehead atoms. The summed E-state index contributed by atoms with van der Waals surface area (Å²) in [5.41, 5.74) is 3.70. The molecule has 1 N–H and O–H groups in total. The third-order valence-electron chi connectivity index (χ3n) is 5.49. The number of fused-ring (bicyclic) bond motifs is 1. The van der Waals surface area contributed by atoms with Crippen LogP contribution in [0.4, 0.5) is 4.79 Å². The summed E-state index contributed by atoms with van der Waals surface area (Å²) in [5, 5.41) is 7.59. The molecule has 4 rings (SSSR count). The summed E-state index contributed by atoms with van der Waals surface area (Å²) in [5.74, 6) is 0. The van der Waals surface area contributed by atoms with Crippen molar-refractivity contribution < 1.29 is 4.79 Å². The van der Waals surface area contributed by atoms with Crippen LogP contribution in [-0.4, -0.2) is 56.8 Å². The van der Waals surface area contributed by atoms with Gasteiger partial charge in [-0.05, 0) is 37.0 Å². The van der Waals surface area contributed by atoms with E-state index >= 15 is 0 Å². The molecular formula is C19H26N6O. The van der Waals surface area contributed by atoms with Gasteiger partial charge in [0.05, 0.1) is 12.2 Å². The lowest BCUT2D eigenvalue weighted by Gasteiger charge is -2.36. The van der Waals surface area contributed by atoms with Crippen molar-refractivity contribution >= 4 is 6.03 Å². The number of hydrogen-bond acceptors (Lipinski definition) is 4. The molecule has 2 aromatic heterocycles. The van der Waals surface area contributed by atoms with Crippen molar-refractivity contribution in [2.45, 2.75) is 31.8 Å². The number of nitrogens with one attached hydrogen (secondary N) is 1. The van der Waals surface area contributed by atoms with Gasteiger partial charge in [0, 0.05) is 63.4 Å². The van der Waals surface area contributed by atoms with Gasteiger partial charge < -0.3 is 10.2 Å². The first kappa shape index (κ1) is 17.0. The Kier molecular flexibility index (Phi) is 4.88. The lowest BCUT2D eigenvalue weighted by atomic mass is 9.93. The van der Waals surface area contributed by atoms with Gasteiger partial charge in [0.15, 0.2) is 0 Å². The third kappa shape index (κ3) is 3.58. The number of amides is 2. The standard InChI is InChI=1S/C19H26N6O/c1-23-18-4-2-3-17(16(18)13-21-23)22-19(26)25-11-9-24(10-12-25)14-15-5-7-20-8-6-15/h5-8,13,17H,2-4,9-12,14H2,1H3,(H,22,26). The summed E-state index contributed by atoms with van der Waals surface area (Å²) in [7, 11) is 1.98. The van der Waals surface area contributed by atoms with Crippen LogP contribution in [0.15, 0.2) is 30.7 Å². The SMILES string of the molecule is Cn1ncc2c1CCCC2NC(=O)N1CCN(Cc2ccncc2)CC1. The van der Waals surface area contributed by atoms with Crippen LogP contribution < -0.4 is 5.32 Å². The first-order chi connectivity index (χ1) is 12.7. The molecule has 2 aromatic rings. The smallest absolute Gasteiger partial charge is 0.317 e. The van der Waals surface area contributed by atoms with Crippen LogP contribution in [-0.2, 0) is 20.0 Å². The highest BCUT2D eigenvalue weighted by atomic mass is 16.2. The number of hydrogen-bond donors (Lipinski definition) is 1. The van der Waals surface area contributed by atoms with Crippen molar-refractivity contribution in [3.8, 4) is 0 Å². The van der Waals surface area contributed by atoms with Crippen molar-refractivity contribution in [1.29, 1.82) is 0 Å². The summed E-state index contributed by atoms with van der Waals surface area (Å²) in [6, 6.07) is 4.24. The maximum atomic E-state index is 12.7. The number of carbonyl (C=O) groups is 1. The van der Waals surface area contributed by atoms with E-state index in [1.54, 1.807) is 0 Å². The fraction of sp³-hybridized carbons (Fsp3) is 0.526. The van der Waals surface area contributed by atoms with Crippen molar-refractivity contribution in [1.82, 2.24) is 29.9 Å². The van der Waals surface area contributed by atoms with E-state index in [1.807, 2.05) is 47.4 Å². The highest BCUT2D eigenvalue weighted by Gasteiger charge is 2.27. The third-order valence-corrected chi connectivity index (χ3v) is 5.49. The highest BCUT2D eigenvalue weighted by molar-refractivity contribution is 5.75. The monoisotopic (exact) mass is 354 g/mol. The normalized spacial score (nSPS) is 20.7. The van der Waals surface area contributed by atoms with Gasteiger partial charge in [-0.25, -0.2) is 4.79 Å². The van der Waals surface area contributed by atoms with Crippen LogP contribution in [0, 0.1) is 0 Å². The van der Waals surface area contributed by atoms with Crippen molar-refractivity contribution in [2.75, 3.05) is 26.2 Å². The Bertz CT molecular complexity index is 751. The van der Waals surface area contributed by atoms with Crippen molar-refractivity contribution in [2.24, 2.45) is 7.05 Å². The molecule has 1 aliphatic carbocycles. The molecule has 2 amide bonds. The maximum absolute atomic E-state index is 12.7. The highest BCUT2D eigenvalue weighted by Crippen LogP contribution is 2.29. The lowest BCUT2D eigenvalue weighted by molar-refractivity contribution is 0.132. The zero-order valence-corrected chi connectivity index (χ0v) is 15.3. The molecule has 7 heteroatoms. The Morgan fingerprint density at radius 1 is 1.23 bits per heavy atom. The maximum Gasteiger partial charge on any atom is 0.317 e. The molecule has 1 atom stereocenters. The van der Waals surface area contributed by atoms with Gasteiger partial charge in [0.25, 0.3) is 0 Å². The Morgan fingerprint density at radius 3 is 2.77 bits per heavy atom. The predicted octanol–water partition coefficient (Wildman–Crippen LogP) is 1.72. The van der Waals surface area contributed by atoms with Gasteiger partial charge in [0.2, 0.25) is 0 Å². The summed E-state index contributed by atoms with van der Waals surface area (Å²) in [6.07, 6.45) is 8.70. The Hall–Kier alpha value is -2.41. The van der Waals surface area contributed by atoms with Gasteiger partial charge in [-0.3, -0.25) is 14.6 Å². The number of nitrogens with zero attached hydrogens (tertiary/aromatic N) is 5. The Balaban J connectivity index is 1.30. The zero-order chi connectivity index (χ0) is 17.9. The number of aromatic nitrogens is 3. The minimum atomic E-state index is 0.0512. The van der Waals surface area contributed by atoms with Gasteiger partial charge in [0.1, 0.15) is 0 Å². The second kappa shape index (κ2) is 7.45. The number of piperazine rings is 1. The first-order valence-corrected chi connectivity index (χ1v) is 9.38. The molecule has 0 radical (unpaired) electrons. The second-order valence-corrected chi connectivity index (χ2v) is 7.18. The average molecular weight is 354 g/mol. The number of carbonyl (C=O) groups excluding carboxylic acids is 1. The minimum Gasteiger partial charge on any atom is -0.331 e. The van der Waals surface area contributed by atoms with Crippen LogP contribution in [0.5, 0.6) is 0 Å². The van der Waals surface area contributed by atoms with Crippen LogP contribution in [0.25, 0.3) is 0 Å². The molecule has 2 aliphatic rings. The van der Waals surface area contributed by atoms with Gasteiger partial charge in [-0.15, -0.1) is 0 Å². The number of urea groups is 1. The number of pyridine rings is 1. The van der Waals surface area contributed by atoms with E-state index < -0.39 is 0 Å². The molecule has 26 heavy (non-hydrogen) atoms. The zero-order valence-electron chi connectivity index (χ0n) is 15.3. The fourth-order valence-corrected chi connectivity index (χ4v) is 3.95. The van der Waals surface area contributed by atoms with Gasteiger partial charge >= 0.3 is 6.03 Å². The second-order valence-electron chi connectivity index (χ2n) is 7.18. The summed E-state index contributed by atoms with van der Waals surface area (Å²) < 4.78 is 1.94. The van der Waals surface area contributed by atoms with E-state index in [9.17, 15) is 4.79 Å². The molecule has 3 heterocycles. The Morgan fingerprint density at radius 2 is 2.00 bits per heavy atom. The molecule has 0 spiro atoms. The van der Waals surface area contributed by atoms with Crippen molar-refractivity contribution in [3.63, 3.8) is 0 Å². The van der Waals surface area contributed by atoms with Crippen molar-refractivity contribution in [3.05, 3.63) is 47.5 Å². The van der Waals surface area contributed by atoms with Gasteiger partial charge in [-0.2, -0.15) is 5.10 Å². The average Bonchev–Trinajstić information content (AvgIpc) is 3.05. The molecular weight excluding hydrogens is 328 g/mol. The van der Waals surface area contributed by atoms with Crippen LogP contribution in [0.1, 0.15) is 35.7 Å². The van der Waals surface area contributed by atoms with E-state index in [0.29, 0.717) is 0 Å². The molecule has 1 fully saturated rings. The van der Waals surface area contributed by atoms with E-state index in [4.69, 9.17) is 0 Å². The lowest BCUT2D eigenvalue weighted by Crippen LogP contribution is -2.52. The quantitative estimate of drug-likeness (QED) is 0.911.